The molecule has 1 aliphatic rings. The lowest BCUT2D eigenvalue weighted by Crippen LogP contribution is -2.44. The van der Waals surface area contributed by atoms with E-state index in [4.69, 9.17) is 9.47 Å². The van der Waals surface area contributed by atoms with Gasteiger partial charge in [-0.05, 0) is 18.9 Å². The quantitative estimate of drug-likeness (QED) is 0.443. The molecule has 0 aromatic heterocycles. The summed E-state index contributed by atoms with van der Waals surface area (Å²) in [6.45, 7) is 8.31. The van der Waals surface area contributed by atoms with Crippen molar-refractivity contribution in [3.05, 3.63) is 23.8 Å². The molecule has 1 saturated heterocycles. The minimum absolute atomic E-state index is 0.0607. The second-order valence-electron chi connectivity index (χ2n) is 5.78. The van der Waals surface area contributed by atoms with E-state index in [2.05, 4.69) is 18.3 Å². The van der Waals surface area contributed by atoms with E-state index in [1.54, 1.807) is 6.08 Å². The van der Waals surface area contributed by atoms with Crippen LogP contribution in [0.4, 0.5) is 0 Å². The van der Waals surface area contributed by atoms with Crippen molar-refractivity contribution in [2.24, 2.45) is 5.41 Å². The predicted octanol–water partition coefficient (Wildman–Crippen LogP) is 2.81. The molecule has 0 unspecified atom stereocenters. The van der Waals surface area contributed by atoms with Crippen LogP contribution in [0.3, 0.4) is 0 Å². The Balaban J connectivity index is 2.32. The van der Waals surface area contributed by atoms with Gasteiger partial charge in [0.05, 0.1) is 13.2 Å². The van der Waals surface area contributed by atoms with Crippen molar-refractivity contribution in [2.75, 3.05) is 26.6 Å². The Morgan fingerprint density at radius 3 is 2.70 bits per heavy atom. The molecule has 0 aliphatic carbocycles. The Labute approximate surface area is 122 Å². The van der Waals surface area contributed by atoms with Gasteiger partial charge in [-0.25, -0.2) is 0 Å². The predicted molar refractivity (Wildman–Crippen MR) is 80.3 cm³/mol. The first kappa shape index (κ1) is 16.9. The third-order valence-corrected chi connectivity index (χ3v) is 3.22. The number of nitrogens with one attached hydrogen (secondary N) is 1. The average molecular weight is 281 g/mol. The Morgan fingerprint density at radius 2 is 2.05 bits per heavy atom. The van der Waals surface area contributed by atoms with Crippen LogP contribution in [0.25, 0.3) is 0 Å². The molecule has 0 saturated carbocycles. The zero-order chi connectivity index (χ0) is 14.8. The van der Waals surface area contributed by atoms with Crippen molar-refractivity contribution >= 4 is 5.91 Å². The second-order valence-corrected chi connectivity index (χ2v) is 5.78. The van der Waals surface area contributed by atoms with Crippen molar-refractivity contribution in [3.8, 4) is 0 Å². The minimum Gasteiger partial charge on any atom is -0.355 e. The number of rotatable bonds is 7. The van der Waals surface area contributed by atoms with Crippen molar-refractivity contribution in [2.45, 2.75) is 40.0 Å². The molecule has 4 nitrogen and oxygen atoms in total. The first-order valence-electron chi connectivity index (χ1n) is 7.34. The number of hydrogen-bond acceptors (Lipinski definition) is 3. The van der Waals surface area contributed by atoms with Crippen LogP contribution >= 0.6 is 0 Å². The van der Waals surface area contributed by atoms with Gasteiger partial charge in [-0.3, -0.25) is 4.79 Å². The Kier molecular flexibility index (Phi) is 7.55. The monoisotopic (exact) mass is 281 g/mol. The highest BCUT2D eigenvalue weighted by Crippen LogP contribution is 2.19. The van der Waals surface area contributed by atoms with Gasteiger partial charge in [0, 0.05) is 18.0 Å². The molecule has 0 radical (unpaired) electrons. The van der Waals surface area contributed by atoms with Crippen LogP contribution in [0.15, 0.2) is 23.8 Å². The summed E-state index contributed by atoms with van der Waals surface area (Å²) in [4.78, 5) is 11.8. The van der Waals surface area contributed by atoms with E-state index >= 15 is 0 Å². The maximum absolute atomic E-state index is 11.8. The maximum Gasteiger partial charge on any atom is 0.244 e. The lowest BCUT2D eigenvalue weighted by molar-refractivity contribution is -0.158. The number of hydrogen-bond donors (Lipinski definition) is 1. The SMILES string of the molecule is CCCCC=CC(C)=CC(=O)NCC1(C)COCOC1. The van der Waals surface area contributed by atoms with E-state index in [1.165, 1.54) is 12.8 Å². The molecule has 1 rings (SSSR count). The van der Waals surface area contributed by atoms with Crippen LogP contribution in [0.5, 0.6) is 0 Å². The fourth-order valence-electron chi connectivity index (χ4n) is 1.98. The fraction of sp³-hybridized carbons (Fsp3) is 0.688. The van der Waals surface area contributed by atoms with Crippen LogP contribution in [0.2, 0.25) is 0 Å². The molecule has 20 heavy (non-hydrogen) atoms. The molecule has 0 atom stereocenters. The van der Waals surface area contributed by atoms with Gasteiger partial charge in [0.1, 0.15) is 6.79 Å². The largest absolute Gasteiger partial charge is 0.355 e. The summed E-state index contributed by atoms with van der Waals surface area (Å²) in [7, 11) is 0. The van der Waals surface area contributed by atoms with Gasteiger partial charge in [0.2, 0.25) is 5.91 Å². The highest BCUT2D eigenvalue weighted by molar-refractivity contribution is 5.88. The molecule has 1 aliphatic heterocycles. The van der Waals surface area contributed by atoms with Gasteiger partial charge >= 0.3 is 0 Å². The number of allylic oxidation sites excluding steroid dienone is 3. The third-order valence-electron chi connectivity index (χ3n) is 3.22. The van der Waals surface area contributed by atoms with Crippen LogP contribution < -0.4 is 5.32 Å². The van der Waals surface area contributed by atoms with Crippen molar-refractivity contribution in [3.63, 3.8) is 0 Å². The summed E-state index contributed by atoms with van der Waals surface area (Å²) in [5.74, 6) is -0.0607. The summed E-state index contributed by atoms with van der Waals surface area (Å²) < 4.78 is 10.5. The van der Waals surface area contributed by atoms with E-state index in [1.807, 2.05) is 19.9 Å². The average Bonchev–Trinajstić information content (AvgIpc) is 2.42. The molecule has 1 amide bonds. The molecule has 0 spiro atoms. The standard InChI is InChI=1S/C16H27NO3/c1-4-5-6-7-8-14(2)9-15(18)17-10-16(3)11-19-13-20-12-16/h7-9H,4-6,10-13H2,1-3H3,(H,17,18). The van der Waals surface area contributed by atoms with Gasteiger partial charge in [-0.1, -0.05) is 38.8 Å². The topological polar surface area (TPSA) is 47.6 Å². The summed E-state index contributed by atoms with van der Waals surface area (Å²) in [6.07, 6.45) is 9.20. The Hall–Kier alpha value is -1.13. The highest BCUT2D eigenvalue weighted by atomic mass is 16.7. The van der Waals surface area contributed by atoms with E-state index in [9.17, 15) is 4.79 Å². The number of carbonyl (C=O) groups excluding carboxylic acids is 1. The van der Waals surface area contributed by atoms with Crippen molar-refractivity contribution in [1.29, 1.82) is 0 Å². The number of amides is 1. The number of ether oxygens (including phenoxy) is 2. The molecule has 1 heterocycles. The molecule has 0 bridgehead atoms. The molecule has 1 fully saturated rings. The van der Waals surface area contributed by atoms with Crippen LogP contribution in [0.1, 0.15) is 40.0 Å². The Morgan fingerprint density at radius 1 is 1.35 bits per heavy atom. The molecule has 1 N–H and O–H groups in total. The smallest absolute Gasteiger partial charge is 0.244 e. The minimum atomic E-state index is -0.132. The van der Waals surface area contributed by atoms with E-state index in [0.29, 0.717) is 26.6 Å². The number of unbranched alkanes of at least 4 members (excludes halogenated alkanes) is 2. The maximum atomic E-state index is 11.8. The molecular formula is C16H27NO3. The molecule has 4 heteroatoms. The van der Waals surface area contributed by atoms with Gasteiger partial charge in [0.25, 0.3) is 0 Å². The van der Waals surface area contributed by atoms with Crippen molar-refractivity contribution in [1.82, 2.24) is 5.32 Å². The first-order chi connectivity index (χ1) is 9.56. The molecule has 0 aromatic carbocycles. The number of carbonyl (C=O) groups is 1. The third kappa shape index (κ3) is 6.87. The molecule has 0 aromatic rings. The van der Waals surface area contributed by atoms with E-state index in [-0.39, 0.29) is 11.3 Å². The van der Waals surface area contributed by atoms with E-state index in [0.717, 1.165) is 12.0 Å². The van der Waals surface area contributed by atoms with Crippen molar-refractivity contribution < 1.29 is 14.3 Å². The van der Waals surface area contributed by atoms with Crippen LogP contribution in [0, 0.1) is 5.41 Å². The molecular weight excluding hydrogens is 254 g/mol. The van der Waals surface area contributed by atoms with Gasteiger partial charge in [-0.2, -0.15) is 0 Å². The first-order valence-corrected chi connectivity index (χ1v) is 7.34. The summed E-state index contributed by atoms with van der Waals surface area (Å²) in [6, 6.07) is 0. The summed E-state index contributed by atoms with van der Waals surface area (Å²) in [5.41, 5.74) is 0.840. The van der Waals surface area contributed by atoms with Gasteiger partial charge < -0.3 is 14.8 Å². The van der Waals surface area contributed by atoms with Crippen LogP contribution in [-0.2, 0) is 14.3 Å². The second kappa shape index (κ2) is 8.93. The highest BCUT2D eigenvalue weighted by Gasteiger charge is 2.28. The zero-order valence-electron chi connectivity index (χ0n) is 12.9. The van der Waals surface area contributed by atoms with E-state index < -0.39 is 0 Å². The van der Waals surface area contributed by atoms with Gasteiger partial charge in [0.15, 0.2) is 0 Å². The lowest BCUT2D eigenvalue weighted by Gasteiger charge is -2.32. The van der Waals surface area contributed by atoms with Gasteiger partial charge in [-0.15, -0.1) is 0 Å². The summed E-state index contributed by atoms with van der Waals surface area (Å²) in [5, 5.41) is 2.92. The normalized spacial score (nSPS) is 19.2. The lowest BCUT2D eigenvalue weighted by atomic mass is 9.92. The molecule has 114 valence electrons. The fourth-order valence-corrected chi connectivity index (χ4v) is 1.98. The van der Waals surface area contributed by atoms with Crippen LogP contribution in [-0.4, -0.2) is 32.5 Å². The summed E-state index contributed by atoms with van der Waals surface area (Å²) >= 11 is 0. The Bertz CT molecular complexity index is 355. The zero-order valence-corrected chi connectivity index (χ0v) is 12.9.